The Morgan fingerprint density at radius 3 is 2.11 bits per heavy atom. The summed E-state index contributed by atoms with van der Waals surface area (Å²) < 4.78 is 0. The summed E-state index contributed by atoms with van der Waals surface area (Å²) in [6.45, 7) is 7.66. The van der Waals surface area contributed by atoms with Crippen LogP contribution < -0.4 is 0 Å². The largest absolute Gasteiger partial charge is 0.507 e. The summed E-state index contributed by atoms with van der Waals surface area (Å²) in [5, 5.41) is 12.1. The second-order valence-electron chi connectivity index (χ2n) is 8.92. The number of aliphatic hydroxyl groups is 1. The van der Waals surface area contributed by atoms with E-state index in [0.29, 0.717) is 27.7 Å². The highest BCUT2D eigenvalue weighted by Gasteiger charge is 2.46. The molecule has 0 unspecified atom stereocenters. The van der Waals surface area contributed by atoms with E-state index in [9.17, 15) is 14.7 Å². The number of likely N-dealkylation sites (tertiary alicyclic amines) is 1. The van der Waals surface area contributed by atoms with Crippen molar-refractivity contribution in [2.24, 2.45) is 0 Å². The van der Waals surface area contributed by atoms with Gasteiger partial charge in [-0.1, -0.05) is 68.1 Å². The topological polar surface area (TPSA) is 60.9 Å². The van der Waals surface area contributed by atoms with Crippen LogP contribution in [-0.2, 0) is 9.59 Å². The Morgan fingerprint density at radius 2 is 1.51 bits per heavy atom. The highest BCUT2D eigenvalue weighted by molar-refractivity contribution is 6.47. The lowest BCUT2D eigenvalue weighted by Crippen LogP contribution is -2.34. The molecular weight excluding hydrogens is 483 g/mol. The number of hydrogen-bond donors (Lipinski definition) is 1. The van der Waals surface area contributed by atoms with Crippen LogP contribution >= 0.6 is 23.2 Å². The summed E-state index contributed by atoms with van der Waals surface area (Å²) >= 11 is 12.5. The molecule has 1 saturated heterocycles. The van der Waals surface area contributed by atoms with Crippen molar-refractivity contribution in [2.45, 2.75) is 52.0 Å². The van der Waals surface area contributed by atoms with Crippen LogP contribution in [0.5, 0.6) is 0 Å². The molecule has 0 saturated carbocycles. The van der Waals surface area contributed by atoms with Crippen molar-refractivity contribution in [3.63, 3.8) is 0 Å². The van der Waals surface area contributed by atoms with Crippen molar-refractivity contribution >= 4 is 40.7 Å². The lowest BCUT2D eigenvalue weighted by Gasteiger charge is -2.28. The highest BCUT2D eigenvalue weighted by Crippen LogP contribution is 2.41. The van der Waals surface area contributed by atoms with Crippen molar-refractivity contribution in [1.29, 1.82) is 0 Å². The first kappa shape index (κ1) is 27.3. The number of benzene rings is 2. The zero-order chi connectivity index (χ0) is 25.4. The Morgan fingerprint density at radius 1 is 0.914 bits per heavy atom. The molecule has 2 aromatic carbocycles. The summed E-state index contributed by atoms with van der Waals surface area (Å²) in [6.07, 6.45) is 5.26. The minimum absolute atomic E-state index is 0.0549. The summed E-state index contributed by atoms with van der Waals surface area (Å²) in [5.41, 5.74) is 1.10. The average molecular weight is 517 g/mol. The van der Waals surface area contributed by atoms with Crippen LogP contribution in [0.2, 0.25) is 10.0 Å². The second-order valence-corrected chi connectivity index (χ2v) is 9.77. The van der Waals surface area contributed by atoms with Gasteiger partial charge in [0.2, 0.25) is 0 Å². The zero-order valence-corrected chi connectivity index (χ0v) is 22.0. The van der Waals surface area contributed by atoms with Gasteiger partial charge < -0.3 is 14.9 Å². The number of carbonyl (C=O) groups is 2. The number of carbonyl (C=O) groups excluding carboxylic acids is 2. The van der Waals surface area contributed by atoms with Gasteiger partial charge in [0, 0.05) is 22.2 Å². The molecule has 3 rings (SSSR count). The van der Waals surface area contributed by atoms with E-state index in [1.165, 1.54) is 0 Å². The third-order valence-corrected chi connectivity index (χ3v) is 6.98. The SMILES string of the molecule is CCCCN(CCCC)CCCN1C(=O)C(=O)C(=C(O)c2ccc(Cl)cc2)[C@H]1c1ccccc1Cl. The molecule has 5 nitrogen and oxygen atoms in total. The van der Waals surface area contributed by atoms with Crippen molar-refractivity contribution < 1.29 is 14.7 Å². The quantitative estimate of drug-likeness (QED) is 0.193. The molecule has 1 amide bonds. The van der Waals surface area contributed by atoms with Crippen molar-refractivity contribution in [3.8, 4) is 0 Å². The Balaban J connectivity index is 1.92. The zero-order valence-electron chi connectivity index (χ0n) is 20.5. The van der Waals surface area contributed by atoms with Gasteiger partial charge in [-0.05, 0) is 74.8 Å². The lowest BCUT2D eigenvalue weighted by atomic mass is 9.95. The standard InChI is InChI=1S/C28H34Cl2N2O3/c1-3-5-16-31(17-6-4-2)18-9-19-32-25(22-10-7-8-11-23(22)30)24(27(34)28(32)35)26(33)20-12-14-21(29)15-13-20/h7-8,10-15,25,33H,3-6,9,16-19H2,1-2H3/t25-/m1/s1. The fourth-order valence-corrected chi connectivity index (χ4v) is 4.82. The van der Waals surface area contributed by atoms with E-state index < -0.39 is 17.7 Å². The molecule has 1 fully saturated rings. The van der Waals surface area contributed by atoms with Gasteiger partial charge in [-0.3, -0.25) is 9.59 Å². The first-order valence-corrected chi connectivity index (χ1v) is 13.2. The smallest absolute Gasteiger partial charge is 0.295 e. The number of ketones is 1. The molecule has 0 radical (unpaired) electrons. The number of nitrogens with zero attached hydrogens (tertiary/aromatic N) is 2. The van der Waals surface area contributed by atoms with Crippen LogP contribution in [-0.4, -0.2) is 52.8 Å². The third kappa shape index (κ3) is 6.66. The van der Waals surface area contributed by atoms with Crippen LogP contribution in [0, 0.1) is 0 Å². The third-order valence-electron chi connectivity index (χ3n) is 6.39. The Labute approximate surface area is 218 Å². The van der Waals surface area contributed by atoms with E-state index >= 15 is 0 Å². The summed E-state index contributed by atoms with van der Waals surface area (Å²) in [6, 6.07) is 12.9. The van der Waals surface area contributed by atoms with Gasteiger partial charge in [0.15, 0.2) is 0 Å². The Bertz CT molecular complexity index is 1040. The van der Waals surface area contributed by atoms with Crippen LogP contribution in [0.15, 0.2) is 54.1 Å². The molecule has 7 heteroatoms. The van der Waals surface area contributed by atoms with Gasteiger partial charge in [0.1, 0.15) is 5.76 Å². The van der Waals surface area contributed by atoms with Gasteiger partial charge in [-0.15, -0.1) is 0 Å². The summed E-state index contributed by atoms with van der Waals surface area (Å²) in [7, 11) is 0. The van der Waals surface area contributed by atoms with Crippen molar-refractivity contribution in [3.05, 3.63) is 75.3 Å². The normalized spacial score (nSPS) is 17.5. The van der Waals surface area contributed by atoms with E-state index in [2.05, 4.69) is 18.7 Å². The average Bonchev–Trinajstić information content (AvgIpc) is 3.10. The van der Waals surface area contributed by atoms with Gasteiger partial charge in [-0.2, -0.15) is 0 Å². The first-order chi connectivity index (χ1) is 16.9. The van der Waals surface area contributed by atoms with Crippen molar-refractivity contribution in [2.75, 3.05) is 26.2 Å². The van der Waals surface area contributed by atoms with Gasteiger partial charge >= 0.3 is 0 Å². The van der Waals surface area contributed by atoms with E-state index in [0.717, 1.165) is 51.7 Å². The predicted molar refractivity (Wildman–Crippen MR) is 143 cm³/mol. The minimum atomic E-state index is -0.751. The van der Waals surface area contributed by atoms with Crippen LogP contribution in [0.1, 0.15) is 63.1 Å². The number of unbranched alkanes of at least 4 members (excludes halogenated alkanes) is 2. The minimum Gasteiger partial charge on any atom is -0.507 e. The molecule has 1 atom stereocenters. The lowest BCUT2D eigenvalue weighted by molar-refractivity contribution is -0.140. The molecular formula is C28H34Cl2N2O3. The molecule has 0 aliphatic carbocycles. The summed E-state index contributed by atoms with van der Waals surface area (Å²) in [5.74, 6) is -1.53. The second kappa shape index (κ2) is 13.1. The molecule has 0 spiro atoms. The molecule has 35 heavy (non-hydrogen) atoms. The molecule has 1 heterocycles. The molecule has 1 aliphatic heterocycles. The highest BCUT2D eigenvalue weighted by atomic mass is 35.5. The van der Waals surface area contributed by atoms with Gasteiger partial charge in [0.05, 0.1) is 11.6 Å². The first-order valence-electron chi connectivity index (χ1n) is 12.4. The molecule has 188 valence electrons. The maximum atomic E-state index is 13.2. The van der Waals surface area contributed by atoms with E-state index in [1.807, 2.05) is 6.07 Å². The maximum Gasteiger partial charge on any atom is 0.295 e. The fourth-order valence-electron chi connectivity index (χ4n) is 4.46. The fraction of sp³-hybridized carbons (Fsp3) is 0.429. The predicted octanol–water partition coefficient (Wildman–Crippen LogP) is 6.71. The van der Waals surface area contributed by atoms with Crippen LogP contribution in [0.3, 0.4) is 0 Å². The van der Waals surface area contributed by atoms with E-state index in [4.69, 9.17) is 23.2 Å². The molecule has 0 aromatic heterocycles. The van der Waals surface area contributed by atoms with E-state index in [1.54, 1.807) is 47.4 Å². The number of Topliss-reactive ketones (excluding diaryl/α,β-unsaturated/α-hetero) is 1. The Hall–Kier alpha value is -2.34. The molecule has 2 aromatic rings. The van der Waals surface area contributed by atoms with Gasteiger partial charge in [-0.25, -0.2) is 0 Å². The molecule has 0 bridgehead atoms. The number of amides is 1. The Kier molecular flexibility index (Phi) is 10.2. The number of hydrogen-bond acceptors (Lipinski definition) is 4. The van der Waals surface area contributed by atoms with Crippen LogP contribution in [0.4, 0.5) is 0 Å². The maximum absolute atomic E-state index is 13.2. The van der Waals surface area contributed by atoms with Gasteiger partial charge in [0.25, 0.3) is 11.7 Å². The number of aliphatic hydroxyl groups excluding tert-OH is 1. The monoisotopic (exact) mass is 516 g/mol. The van der Waals surface area contributed by atoms with Crippen LogP contribution in [0.25, 0.3) is 5.76 Å². The number of halogens is 2. The molecule has 1 aliphatic rings. The summed E-state index contributed by atoms with van der Waals surface area (Å²) in [4.78, 5) is 30.3. The van der Waals surface area contributed by atoms with Crippen molar-refractivity contribution in [1.82, 2.24) is 9.80 Å². The molecule has 1 N–H and O–H groups in total. The van der Waals surface area contributed by atoms with E-state index in [-0.39, 0.29) is 11.3 Å². The number of rotatable bonds is 12.